The van der Waals surface area contributed by atoms with E-state index in [0.29, 0.717) is 33.8 Å². The predicted octanol–water partition coefficient (Wildman–Crippen LogP) is 3.88. The normalized spacial score (nSPS) is 11.4. The third-order valence-electron chi connectivity index (χ3n) is 4.80. The topological polar surface area (TPSA) is 98.2 Å². The van der Waals surface area contributed by atoms with Crippen LogP contribution in [0, 0.1) is 12.7 Å². The zero-order chi connectivity index (χ0) is 21.5. The average Bonchev–Trinajstić information content (AvgIpc) is 3.38. The van der Waals surface area contributed by atoms with Crippen LogP contribution in [0.15, 0.2) is 41.3 Å². The Morgan fingerprint density at radius 3 is 2.74 bits per heavy atom. The van der Waals surface area contributed by atoms with Crippen LogP contribution in [0.3, 0.4) is 0 Å². The molecular formula is C21H22ClFN6O2. The molecule has 0 bridgehead atoms. The Hall–Kier alpha value is -3.33. The fourth-order valence-corrected chi connectivity index (χ4v) is 3.05. The van der Waals surface area contributed by atoms with Gasteiger partial charge >= 0.3 is 0 Å². The molecule has 1 N–H and O–H groups in total. The van der Waals surface area contributed by atoms with Gasteiger partial charge in [-0.15, -0.1) is 12.4 Å². The summed E-state index contributed by atoms with van der Waals surface area (Å²) >= 11 is 0. The van der Waals surface area contributed by atoms with E-state index in [1.54, 1.807) is 29.8 Å². The summed E-state index contributed by atoms with van der Waals surface area (Å²) in [5.74, 6) is -0.547. The first-order valence-electron chi connectivity index (χ1n) is 9.45. The smallest absolute Gasteiger partial charge is 0.292 e. The molecule has 0 aliphatic heterocycles. The number of amides is 1. The fourth-order valence-electron chi connectivity index (χ4n) is 3.05. The van der Waals surface area contributed by atoms with Gasteiger partial charge in [-0.05, 0) is 36.2 Å². The summed E-state index contributed by atoms with van der Waals surface area (Å²) in [6.07, 6.45) is 3.17. The summed E-state index contributed by atoms with van der Waals surface area (Å²) in [7, 11) is 0. The van der Waals surface area contributed by atoms with Crippen molar-refractivity contribution in [3.05, 3.63) is 65.4 Å². The lowest BCUT2D eigenvalue weighted by atomic mass is 9.97. The van der Waals surface area contributed by atoms with Crippen molar-refractivity contribution in [2.75, 3.05) is 0 Å². The second-order valence-corrected chi connectivity index (χ2v) is 8.01. The Balaban J connectivity index is 0.00000272. The van der Waals surface area contributed by atoms with Gasteiger partial charge in [0.05, 0.1) is 5.52 Å². The maximum absolute atomic E-state index is 15.1. The lowest BCUT2D eigenvalue weighted by molar-refractivity contribution is 0.0937. The van der Waals surface area contributed by atoms with Crippen LogP contribution in [0.5, 0.6) is 0 Å². The van der Waals surface area contributed by atoms with Crippen LogP contribution in [0.2, 0.25) is 0 Å². The average molecular weight is 445 g/mol. The summed E-state index contributed by atoms with van der Waals surface area (Å²) in [5, 5.41) is 10.5. The Bertz CT molecular complexity index is 1240. The lowest BCUT2D eigenvalue weighted by Crippen LogP contribution is -2.25. The number of carbonyl (C=O) groups is 1. The van der Waals surface area contributed by atoms with Crippen molar-refractivity contribution in [1.82, 2.24) is 30.1 Å². The van der Waals surface area contributed by atoms with E-state index in [-0.39, 0.29) is 30.2 Å². The van der Waals surface area contributed by atoms with Crippen LogP contribution in [-0.2, 0) is 12.0 Å². The van der Waals surface area contributed by atoms with Crippen molar-refractivity contribution in [3.63, 3.8) is 0 Å². The molecule has 0 saturated heterocycles. The van der Waals surface area contributed by atoms with E-state index in [2.05, 4.69) is 25.5 Å². The summed E-state index contributed by atoms with van der Waals surface area (Å²) in [6.45, 7) is 7.54. The van der Waals surface area contributed by atoms with Gasteiger partial charge in [-0.2, -0.15) is 10.1 Å². The molecule has 0 radical (unpaired) electrons. The minimum atomic E-state index is -0.483. The quantitative estimate of drug-likeness (QED) is 0.513. The maximum atomic E-state index is 15.1. The summed E-state index contributed by atoms with van der Waals surface area (Å²) in [4.78, 5) is 20.7. The van der Waals surface area contributed by atoms with Gasteiger partial charge in [-0.1, -0.05) is 32.0 Å². The highest BCUT2D eigenvalue weighted by atomic mass is 35.5. The monoisotopic (exact) mass is 444 g/mol. The zero-order valence-electron chi connectivity index (χ0n) is 17.5. The third kappa shape index (κ3) is 4.27. The molecule has 0 atom stereocenters. The molecule has 0 aliphatic carbocycles. The van der Waals surface area contributed by atoms with E-state index < -0.39 is 11.7 Å². The maximum Gasteiger partial charge on any atom is 0.292 e. The van der Waals surface area contributed by atoms with Crippen LogP contribution < -0.4 is 5.32 Å². The van der Waals surface area contributed by atoms with E-state index >= 15 is 4.39 Å². The fraction of sp³-hybridized carbons (Fsp3) is 0.286. The Morgan fingerprint density at radius 2 is 2.03 bits per heavy atom. The largest absolute Gasteiger partial charge is 0.345 e. The molecule has 31 heavy (non-hydrogen) atoms. The van der Waals surface area contributed by atoms with E-state index in [4.69, 9.17) is 4.52 Å². The van der Waals surface area contributed by atoms with Crippen molar-refractivity contribution in [2.45, 2.75) is 39.7 Å². The van der Waals surface area contributed by atoms with Crippen LogP contribution in [0.25, 0.3) is 16.8 Å². The number of carbonyl (C=O) groups excluding carboxylic acids is 1. The van der Waals surface area contributed by atoms with Gasteiger partial charge in [0.15, 0.2) is 0 Å². The van der Waals surface area contributed by atoms with Gasteiger partial charge in [0.1, 0.15) is 17.8 Å². The molecule has 162 valence electrons. The molecule has 0 aliphatic rings. The molecule has 4 aromatic rings. The number of aromatic nitrogens is 5. The summed E-state index contributed by atoms with van der Waals surface area (Å²) in [6, 6.07) is 7.08. The molecule has 0 spiro atoms. The highest BCUT2D eigenvalue weighted by Gasteiger charge is 2.24. The summed E-state index contributed by atoms with van der Waals surface area (Å²) < 4.78 is 21.9. The Labute approximate surface area is 184 Å². The van der Waals surface area contributed by atoms with Crippen molar-refractivity contribution >= 4 is 23.8 Å². The first-order chi connectivity index (χ1) is 14.3. The van der Waals surface area contributed by atoms with Crippen molar-refractivity contribution in [3.8, 4) is 11.3 Å². The predicted molar refractivity (Wildman–Crippen MR) is 115 cm³/mol. The Kier molecular flexibility index (Phi) is 6.08. The van der Waals surface area contributed by atoms with Gasteiger partial charge in [-0.25, -0.2) is 13.9 Å². The van der Waals surface area contributed by atoms with Crippen molar-refractivity contribution in [1.29, 1.82) is 0 Å². The number of nitrogens with one attached hydrogen (secondary N) is 1. The molecule has 3 heterocycles. The first-order valence-corrected chi connectivity index (χ1v) is 9.45. The number of nitrogens with zero attached hydrogens (tertiary/aromatic N) is 5. The van der Waals surface area contributed by atoms with E-state index in [9.17, 15) is 4.79 Å². The van der Waals surface area contributed by atoms with Gasteiger partial charge in [0.2, 0.25) is 5.89 Å². The second-order valence-electron chi connectivity index (χ2n) is 8.01. The minimum absolute atomic E-state index is 0. The molecule has 10 heteroatoms. The first kappa shape index (κ1) is 22.4. The van der Waals surface area contributed by atoms with Crippen LogP contribution >= 0.6 is 12.4 Å². The van der Waals surface area contributed by atoms with Crippen LogP contribution in [0.4, 0.5) is 4.39 Å². The standard InChI is InChI=1S/C21H21FN6O2.ClH/c1-12-13(10-23-19(29)18-26-20(30-27-18)21(2,3)4)7-8-14(16(12)22)17-15-6-5-9-28(15)25-11-24-17;/h5-9,11H,10H2,1-4H3,(H,23,29);1H. The van der Waals surface area contributed by atoms with Gasteiger partial charge < -0.3 is 9.84 Å². The SMILES string of the molecule is Cc1c(CNC(=O)c2noc(C(C)(C)C)n2)ccc(-c2ncnn3cccc23)c1F.Cl. The van der Waals surface area contributed by atoms with Crippen LogP contribution in [0.1, 0.15) is 48.4 Å². The van der Waals surface area contributed by atoms with Gasteiger partial charge in [0, 0.05) is 23.7 Å². The number of benzene rings is 1. The second kappa shape index (κ2) is 8.43. The highest BCUT2D eigenvalue weighted by Crippen LogP contribution is 2.28. The molecule has 4 rings (SSSR count). The molecule has 0 saturated carbocycles. The molecule has 0 unspecified atom stereocenters. The number of hydrogen-bond donors (Lipinski definition) is 1. The molecule has 8 nitrogen and oxygen atoms in total. The van der Waals surface area contributed by atoms with E-state index in [0.717, 1.165) is 0 Å². The van der Waals surface area contributed by atoms with E-state index in [1.165, 1.54) is 6.33 Å². The molecule has 3 aromatic heterocycles. The van der Waals surface area contributed by atoms with Crippen molar-refractivity contribution in [2.24, 2.45) is 0 Å². The molecule has 1 aromatic carbocycles. The highest BCUT2D eigenvalue weighted by molar-refractivity contribution is 5.90. The summed E-state index contributed by atoms with van der Waals surface area (Å²) in [5.41, 5.74) is 2.31. The number of hydrogen-bond acceptors (Lipinski definition) is 6. The van der Waals surface area contributed by atoms with Gasteiger partial charge in [0.25, 0.3) is 11.7 Å². The Morgan fingerprint density at radius 1 is 1.26 bits per heavy atom. The minimum Gasteiger partial charge on any atom is -0.345 e. The van der Waals surface area contributed by atoms with Gasteiger partial charge in [-0.3, -0.25) is 4.79 Å². The van der Waals surface area contributed by atoms with Crippen LogP contribution in [-0.4, -0.2) is 30.6 Å². The lowest BCUT2D eigenvalue weighted by Gasteiger charge is -2.12. The molecular weight excluding hydrogens is 423 g/mol. The van der Waals surface area contributed by atoms with Crippen molar-refractivity contribution < 1.29 is 13.7 Å². The number of halogens is 2. The molecule has 1 amide bonds. The van der Waals surface area contributed by atoms with E-state index in [1.807, 2.05) is 32.9 Å². The zero-order valence-corrected chi connectivity index (χ0v) is 18.3. The molecule has 0 fully saturated rings. The number of fused-ring (bicyclic) bond motifs is 1. The third-order valence-corrected chi connectivity index (χ3v) is 4.80. The number of rotatable bonds is 4.